The first-order chi connectivity index (χ1) is 12.2. The SMILES string of the molecule is O=C(NC1CC1)[C@H](NCc1nnc2n1CCCC2)c1ccc(F)cc1. The molecule has 2 heterocycles. The predicted molar refractivity (Wildman–Crippen MR) is 90.1 cm³/mol. The molecule has 2 aliphatic rings. The van der Waals surface area contributed by atoms with E-state index in [1.807, 2.05) is 0 Å². The van der Waals surface area contributed by atoms with E-state index in [0.29, 0.717) is 6.54 Å². The number of carbonyl (C=O) groups is 1. The Bertz CT molecular complexity index is 753. The summed E-state index contributed by atoms with van der Waals surface area (Å²) in [6, 6.07) is 5.81. The molecule has 0 spiro atoms. The molecule has 0 unspecified atom stereocenters. The molecule has 1 aliphatic heterocycles. The first-order valence-electron chi connectivity index (χ1n) is 8.91. The first-order valence-corrected chi connectivity index (χ1v) is 8.91. The summed E-state index contributed by atoms with van der Waals surface area (Å²) in [5.74, 6) is 1.48. The van der Waals surface area contributed by atoms with Gasteiger partial charge in [-0.2, -0.15) is 0 Å². The van der Waals surface area contributed by atoms with Gasteiger partial charge < -0.3 is 9.88 Å². The van der Waals surface area contributed by atoms with Crippen LogP contribution in [0.4, 0.5) is 4.39 Å². The van der Waals surface area contributed by atoms with E-state index in [2.05, 4.69) is 25.4 Å². The largest absolute Gasteiger partial charge is 0.352 e. The monoisotopic (exact) mass is 343 g/mol. The van der Waals surface area contributed by atoms with E-state index in [0.717, 1.165) is 55.9 Å². The number of amides is 1. The molecule has 4 rings (SSSR count). The Balaban J connectivity index is 1.50. The number of hydrogen-bond acceptors (Lipinski definition) is 4. The van der Waals surface area contributed by atoms with Crippen LogP contribution in [0.25, 0.3) is 0 Å². The minimum atomic E-state index is -0.530. The van der Waals surface area contributed by atoms with Gasteiger partial charge in [0.1, 0.15) is 23.5 Å². The number of benzene rings is 1. The van der Waals surface area contributed by atoms with Crippen LogP contribution in [-0.4, -0.2) is 26.7 Å². The van der Waals surface area contributed by atoms with Crippen molar-refractivity contribution in [3.63, 3.8) is 0 Å². The molecule has 1 aromatic carbocycles. The zero-order valence-electron chi connectivity index (χ0n) is 14.0. The molecule has 1 aromatic heterocycles. The zero-order chi connectivity index (χ0) is 17.2. The number of carbonyl (C=O) groups excluding carboxylic acids is 1. The molecular weight excluding hydrogens is 321 g/mol. The summed E-state index contributed by atoms with van der Waals surface area (Å²) in [5, 5.41) is 14.8. The van der Waals surface area contributed by atoms with Gasteiger partial charge in [-0.3, -0.25) is 10.1 Å². The van der Waals surface area contributed by atoms with Crippen molar-refractivity contribution >= 4 is 5.91 Å². The van der Waals surface area contributed by atoms with Crippen LogP contribution in [0.1, 0.15) is 48.9 Å². The number of nitrogens with one attached hydrogen (secondary N) is 2. The first kappa shape index (κ1) is 16.2. The zero-order valence-corrected chi connectivity index (χ0v) is 14.0. The van der Waals surface area contributed by atoms with E-state index >= 15 is 0 Å². The van der Waals surface area contributed by atoms with Gasteiger partial charge in [-0.15, -0.1) is 10.2 Å². The van der Waals surface area contributed by atoms with Crippen molar-refractivity contribution in [2.45, 2.75) is 57.3 Å². The lowest BCUT2D eigenvalue weighted by Gasteiger charge is -2.20. The van der Waals surface area contributed by atoms with Crippen LogP contribution >= 0.6 is 0 Å². The lowest BCUT2D eigenvalue weighted by molar-refractivity contribution is -0.123. The van der Waals surface area contributed by atoms with E-state index in [-0.39, 0.29) is 17.8 Å². The molecule has 1 amide bonds. The average molecular weight is 343 g/mol. The van der Waals surface area contributed by atoms with Crippen LogP contribution in [0.3, 0.4) is 0 Å². The Labute approximate surface area is 145 Å². The third-order valence-corrected chi connectivity index (χ3v) is 4.79. The van der Waals surface area contributed by atoms with Gasteiger partial charge in [0.25, 0.3) is 0 Å². The number of aromatic nitrogens is 3. The maximum Gasteiger partial charge on any atom is 0.241 e. The van der Waals surface area contributed by atoms with Crippen molar-refractivity contribution in [3.05, 3.63) is 47.3 Å². The third-order valence-electron chi connectivity index (χ3n) is 4.79. The quantitative estimate of drug-likeness (QED) is 0.840. The Morgan fingerprint density at radius 3 is 2.80 bits per heavy atom. The van der Waals surface area contributed by atoms with Gasteiger partial charge in [-0.1, -0.05) is 12.1 Å². The van der Waals surface area contributed by atoms with E-state index in [9.17, 15) is 9.18 Å². The molecule has 1 fully saturated rings. The van der Waals surface area contributed by atoms with E-state index in [4.69, 9.17) is 0 Å². The maximum atomic E-state index is 13.2. The summed E-state index contributed by atoms with van der Waals surface area (Å²) < 4.78 is 15.4. The van der Waals surface area contributed by atoms with E-state index in [1.165, 1.54) is 12.1 Å². The second-order valence-corrected chi connectivity index (χ2v) is 6.79. The molecule has 25 heavy (non-hydrogen) atoms. The number of nitrogens with zero attached hydrogens (tertiary/aromatic N) is 3. The van der Waals surface area contributed by atoms with Gasteiger partial charge >= 0.3 is 0 Å². The summed E-state index contributed by atoms with van der Waals surface area (Å²) in [6.45, 7) is 1.38. The molecule has 0 saturated heterocycles. The van der Waals surface area contributed by atoms with E-state index < -0.39 is 6.04 Å². The van der Waals surface area contributed by atoms with Crippen molar-refractivity contribution in [3.8, 4) is 0 Å². The fourth-order valence-corrected chi connectivity index (χ4v) is 3.22. The smallest absolute Gasteiger partial charge is 0.241 e. The van der Waals surface area contributed by atoms with Crippen LogP contribution in [0.5, 0.6) is 0 Å². The summed E-state index contributed by atoms with van der Waals surface area (Å²) in [5.41, 5.74) is 0.748. The number of halogens is 1. The average Bonchev–Trinajstić information content (AvgIpc) is 3.34. The standard InChI is InChI=1S/C18H22FN5O/c19-13-6-4-12(5-7-13)17(18(25)21-14-8-9-14)20-11-16-23-22-15-3-1-2-10-24(15)16/h4-7,14,17,20H,1-3,8-11H2,(H,21,25)/t17-/m1/s1. The van der Waals surface area contributed by atoms with Crippen molar-refractivity contribution < 1.29 is 9.18 Å². The Morgan fingerprint density at radius 2 is 2.04 bits per heavy atom. The Kier molecular flexibility index (Phi) is 4.48. The van der Waals surface area contributed by atoms with Gasteiger partial charge in [0.15, 0.2) is 0 Å². The maximum absolute atomic E-state index is 13.2. The number of hydrogen-bond donors (Lipinski definition) is 2. The Hall–Kier alpha value is -2.28. The van der Waals surface area contributed by atoms with Gasteiger partial charge in [0.05, 0.1) is 6.54 Å². The van der Waals surface area contributed by atoms with Crippen LogP contribution < -0.4 is 10.6 Å². The third kappa shape index (κ3) is 3.71. The molecule has 1 atom stereocenters. The molecular formula is C18H22FN5O. The van der Waals surface area contributed by atoms with Crippen LogP contribution in [0.2, 0.25) is 0 Å². The number of rotatable bonds is 6. The highest BCUT2D eigenvalue weighted by molar-refractivity contribution is 5.83. The van der Waals surface area contributed by atoms with Crippen molar-refractivity contribution in [1.29, 1.82) is 0 Å². The van der Waals surface area contributed by atoms with Gasteiger partial charge in [0.2, 0.25) is 5.91 Å². The molecule has 1 aliphatic carbocycles. The highest BCUT2D eigenvalue weighted by Crippen LogP contribution is 2.22. The van der Waals surface area contributed by atoms with Gasteiger partial charge in [-0.25, -0.2) is 4.39 Å². The van der Waals surface area contributed by atoms with Crippen molar-refractivity contribution in [2.75, 3.05) is 0 Å². The molecule has 7 heteroatoms. The second kappa shape index (κ2) is 6.92. The summed E-state index contributed by atoms with van der Waals surface area (Å²) in [6.07, 6.45) is 5.28. The molecule has 132 valence electrons. The topological polar surface area (TPSA) is 71.8 Å². The lowest BCUT2D eigenvalue weighted by Crippen LogP contribution is -2.38. The predicted octanol–water partition coefficient (Wildman–Crippen LogP) is 1.86. The molecule has 6 nitrogen and oxygen atoms in total. The lowest BCUT2D eigenvalue weighted by atomic mass is 10.1. The normalized spacial score (nSPS) is 17.8. The Morgan fingerprint density at radius 1 is 1.24 bits per heavy atom. The van der Waals surface area contributed by atoms with Crippen LogP contribution in [0, 0.1) is 5.82 Å². The van der Waals surface area contributed by atoms with Crippen LogP contribution in [-0.2, 0) is 24.3 Å². The highest BCUT2D eigenvalue weighted by Gasteiger charge is 2.28. The van der Waals surface area contributed by atoms with E-state index in [1.54, 1.807) is 12.1 Å². The number of aryl methyl sites for hydroxylation is 1. The molecule has 0 bridgehead atoms. The van der Waals surface area contributed by atoms with Crippen molar-refractivity contribution in [1.82, 2.24) is 25.4 Å². The highest BCUT2D eigenvalue weighted by atomic mass is 19.1. The van der Waals surface area contributed by atoms with Gasteiger partial charge in [-0.05, 0) is 43.4 Å². The van der Waals surface area contributed by atoms with Crippen molar-refractivity contribution in [2.24, 2.45) is 0 Å². The van der Waals surface area contributed by atoms with Gasteiger partial charge in [0, 0.05) is 19.0 Å². The molecule has 2 N–H and O–H groups in total. The number of fused-ring (bicyclic) bond motifs is 1. The van der Waals surface area contributed by atoms with Crippen LogP contribution in [0.15, 0.2) is 24.3 Å². The minimum absolute atomic E-state index is 0.0764. The second-order valence-electron chi connectivity index (χ2n) is 6.79. The molecule has 2 aromatic rings. The fourth-order valence-electron chi connectivity index (χ4n) is 3.22. The fraction of sp³-hybridized carbons (Fsp3) is 0.500. The molecule has 1 saturated carbocycles. The summed E-state index contributed by atoms with van der Waals surface area (Å²) in [7, 11) is 0. The summed E-state index contributed by atoms with van der Waals surface area (Å²) >= 11 is 0. The minimum Gasteiger partial charge on any atom is -0.352 e. The molecule has 0 radical (unpaired) electrons. The summed E-state index contributed by atoms with van der Waals surface area (Å²) in [4.78, 5) is 12.6.